The molecule has 1 aromatic heterocycles. The summed E-state index contributed by atoms with van der Waals surface area (Å²) in [4.78, 5) is 13.6. The Hall–Kier alpha value is -1.45. The van der Waals surface area contributed by atoms with E-state index in [-0.39, 0.29) is 6.03 Å². The molecule has 2 rings (SSSR count). The molecule has 0 bridgehead atoms. The van der Waals surface area contributed by atoms with Gasteiger partial charge in [0.2, 0.25) is 0 Å². The quantitative estimate of drug-likeness (QED) is 0.807. The molecule has 82 valence electrons. The van der Waals surface area contributed by atoms with Gasteiger partial charge < -0.3 is 14.6 Å². The molecule has 2 amide bonds. The number of hydrogen-bond donors (Lipinski definition) is 1. The number of hydrogen-bond acceptors (Lipinski definition) is 2. The second kappa shape index (κ2) is 4.87. The fraction of sp³-hybridized carbons (Fsp3) is 0.545. The van der Waals surface area contributed by atoms with Crippen molar-refractivity contribution in [2.75, 3.05) is 13.1 Å². The van der Waals surface area contributed by atoms with E-state index in [2.05, 4.69) is 5.32 Å². The number of likely N-dealkylation sites (tertiary alicyclic amines) is 1. The van der Waals surface area contributed by atoms with Crippen molar-refractivity contribution in [2.45, 2.75) is 25.8 Å². The molecule has 4 nitrogen and oxygen atoms in total. The minimum atomic E-state index is 0.0379. The van der Waals surface area contributed by atoms with Crippen LogP contribution in [0.15, 0.2) is 23.0 Å². The lowest BCUT2D eigenvalue weighted by molar-refractivity contribution is 0.186. The van der Waals surface area contributed by atoms with Crippen LogP contribution in [0.3, 0.4) is 0 Å². The Morgan fingerprint density at radius 3 is 2.87 bits per heavy atom. The van der Waals surface area contributed by atoms with Gasteiger partial charge in [-0.2, -0.15) is 0 Å². The van der Waals surface area contributed by atoms with E-state index in [0.717, 1.165) is 31.5 Å². The van der Waals surface area contributed by atoms with Crippen LogP contribution in [-0.4, -0.2) is 24.0 Å². The summed E-state index contributed by atoms with van der Waals surface area (Å²) in [5, 5.41) is 2.88. The number of nitrogens with zero attached hydrogens (tertiary/aromatic N) is 1. The Kier molecular flexibility index (Phi) is 3.27. The molecule has 15 heavy (non-hydrogen) atoms. The lowest BCUT2D eigenvalue weighted by Gasteiger charge is -2.26. The Morgan fingerprint density at radius 1 is 1.40 bits per heavy atom. The van der Waals surface area contributed by atoms with Crippen LogP contribution in [0.2, 0.25) is 0 Å². The summed E-state index contributed by atoms with van der Waals surface area (Å²) in [6, 6.07) is 1.90. The van der Waals surface area contributed by atoms with Gasteiger partial charge in [-0.3, -0.25) is 0 Å². The minimum Gasteiger partial charge on any atom is -0.472 e. The van der Waals surface area contributed by atoms with Crippen molar-refractivity contribution in [2.24, 2.45) is 0 Å². The van der Waals surface area contributed by atoms with E-state index in [4.69, 9.17) is 4.42 Å². The van der Waals surface area contributed by atoms with Gasteiger partial charge in [-0.15, -0.1) is 0 Å². The summed E-state index contributed by atoms with van der Waals surface area (Å²) in [6.45, 7) is 2.32. The van der Waals surface area contributed by atoms with Gasteiger partial charge in [-0.1, -0.05) is 0 Å². The zero-order chi connectivity index (χ0) is 10.5. The monoisotopic (exact) mass is 208 g/mol. The minimum absolute atomic E-state index is 0.0379. The number of furan rings is 1. The highest BCUT2D eigenvalue weighted by molar-refractivity contribution is 5.74. The molecule has 1 aliphatic heterocycles. The Bertz CT molecular complexity index is 302. The van der Waals surface area contributed by atoms with Gasteiger partial charge in [0.1, 0.15) is 0 Å². The first-order valence-corrected chi connectivity index (χ1v) is 5.40. The second-order valence-electron chi connectivity index (χ2n) is 3.84. The number of carbonyl (C=O) groups excluding carboxylic acids is 1. The molecule has 1 aromatic rings. The average molecular weight is 208 g/mol. The highest BCUT2D eigenvalue weighted by Crippen LogP contribution is 2.08. The van der Waals surface area contributed by atoms with Crippen molar-refractivity contribution in [3.8, 4) is 0 Å². The Balaban J connectivity index is 1.76. The number of carbonyl (C=O) groups is 1. The molecule has 4 heteroatoms. The standard InChI is InChI=1S/C11H16N2O2/c14-11(13-5-2-1-3-6-13)12-8-10-4-7-15-9-10/h4,7,9H,1-3,5-6,8H2,(H,12,14). The number of rotatable bonds is 2. The van der Waals surface area contributed by atoms with Crippen molar-refractivity contribution in [1.82, 2.24) is 10.2 Å². The summed E-state index contributed by atoms with van der Waals surface area (Å²) in [5.41, 5.74) is 1.00. The van der Waals surface area contributed by atoms with Crippen LogP contribution in [0, 0.1) is 0 Å². The molecule has 0 radical (unpaired) electrons. The van der Waals surface area contributed by atoms with Gasteiger partial charge in [0.25, 0.3) is 0 Å². The molecule has 0 aliphatic carbocycles. The van der Waals surface area contributed by atoms with Crippen molar-refractivity contribution in [1.29, 1.82) is 0 Å². The smallest absolute Gasteiger partial charge is 0.317 e. The van der Waals surface area contributed by atoms with Crippen molar-refractivity contribution >= 4 is 6.03 Å². The maximum atomic E-state index is 11.7. The topological polar surface area (TPSA) is 45.5 Å². The summed E-state index contributed by atoms with van der Waals surface area (Å²) < 4.78 is 4.93. The molecule has 0 spiro atoms. The van der Waals surface area contributed by atoms with Gasteiger partial charge in [0.05, 0.1) is 12.5 Å². The second-order valence-corrected chi connectivity index (χ2v) is 3.84. The van der Waals surface area contributed by atoms with Gasteiger partial charge in [0.15, 0.2) is 0 Å². The number of urea groups is 1. The van der Waals surface area contributed by atoms with Gasteiger partial charge >= 0.3 is 6.03 Å². The first-order valence-electron chi connectivity index (χ1n) is 5.40. The highest BCUT2D eigenvalue weighted by Gasteiger charge is 2.15. The first kappa shape index (κ1) is 10.1. The Morgan fingerprint density at radius 2 is 2.20 bits per heavy atom. The maximum Gasteiger partial charge on any atom is 0.317 e. The van der Waals surface area contributed by atoms with E-state index in [1.165, 1.54) is 6.42 Å². The van der Waals surface area contributed by atoms with Crippen LogP contribution in [0.25, 0.3) is 0 Å². The molecule has 1 aliphatic rings. The molecular weight excluding hydrogens is 192 g/mol. The third kappa shape index (κ3) is 2.75. The van der Waals surface area contributed by atoms with E-state index in [1.807, 2.05) is 11.0 Å². The third-order valence-corrected chi connectivity index (χ3v) is 2.67. The van der Waals surface area contributed by atoms with Crippen LogP contribution in [-0.2, 0) is 6.54 Å². The lowest BCUT2D eigenvalue weighted by Crippen LogP contribution is -2.42. The van der Waals surface area contributed by atoms with Gasteiger partial charge in [-0.05, 0) is 25.3 Å². The molecular formula is C11H16N2O2. The summed E-state index contributed by atoms with van der Waals surface area (Å²) in [5.74, 6) is 0. The van der Waals surface area contributed by atoms with Crippen LogP contribution >= 0.6 is 0 Å². The molecule has 1 saturated heterocycles. The highest BCUT2D eigenvalue weighted by atomic mass is 16.3. The fourth-order valence-electron chi connectivity index (χ4n) is 1.78. The van der Waals surface area contributed by atoms with Crippen molar-refractivity contribution < 1.29 is 9.21 Å². The predicted molar refractivity (Wildman–Crippen MR) is 56.4 cm³/mol. The van der Waals surface area contributed by atoms with Crippen molar-refractivity contribution in [3.05, 3.63) is 24.2 Å². The zero-order valence-electron chi connectivity index (χ0n) is 8.74. The fourth-order valence-corrected chi connectivity index (χ4v) is 1.78. The number of amides is 2. The third-order valence-electron chi connectivity index (χ3n) is 2.67. The van der Waals surface area contributed by atoms with E-state index in [9.17, 15) is 4.79 Å². The van der Waals surface area contributed by atoms with E-state index in [1.54, 1.807) is 12.5 Å². The largest absolute Gasteiger partial charge is 0.472 e. The molecule has 1 fully saturated rings. The summed E-state index contributed by atoms with van der Waals surface area (Å²) >= 11 is 0. The lowest BCUT2D eigenvalue weighted by atomic mass is 10.1. The molecule has 0 saturated carbocycles. The molecule has 2 heterocycles. The van der Waals surface area contributed by atoms with E-state index >= 15 is 0 Å². The summed E-state index contributed by atoms with van der Waals surface area (Å²) in [6.07, 6.45) is 6.75. The summed E-state index contributed by atoms with van der Waals surface area (Å²) in [7, 11) is 0. The maximum absolute atomic E-state index is 11.7. The van der Waals surface area contributed by atoms with Crippen LogP contribution in [0.1, 0.15) is 24.8 Å². The molecule has 0 aromatic carbocycles. The van der Waals surface area contributed by atoms with E-state index in [0.29, 0.717) is 6.54 Å². The van der Waals surface area contributed by atoms with E-state index < -0.39 is 0 Å². The average Bonchev–Trinajstić information content (AvgIpc) is 2.80. The Labute approximate surface area is 89.2 Å². The van der Waals surface area contributed by atoms with Crippen LogP contribution in [0.4, 0.5) is 4.79 Å². The van der Waals surface area contributed by atoms with Crippen molar-refractivity contribution in [3.63, 3.8) is 0 Å². The van der Waals surface area contributed by atoms with Gasteiger partial charge in [0, 0.05) is 25.2 Å². The first-order chi connectivity index (χ1) is 7.36. The van der Waals surface area contributed by atoms with Crippen LogP contribution < -0.4 is 5.32 Å². The molecule has 0 atom stereocenters. The number of piperidine rings is 1. The predicted octanol–water partition coefficient (Wildman–Crippen LogP) is 1.98. The normalized spacial score (nSPS) is 16.4. The number of nitrogens with one attached hydrogen (secondary N) is 1. The van der Waals surface area contributed by atoms with Crippen LogP contribution in [0.5, 0.6) is 0 Å². The van der Waals surface area contributed by atoms with Gasteiger partial charge in [-0.25, -0.2) is 4.79 Å². The SMILES string of the molecule is O=C(NCc1ccoc1)N1CCCCC1. The molecule has 1 N–H and O–H groups in total. The zero-order valence-corrected chi connectivity index (χ0v) is 8.74. The molecule has 0 unspecified atom stereocenters.